The van der Waals surface area contributed by atoms with Crippen LogP contribution in [0, 0.1) is 5.92 Å². The Balaban J connectivity index is 2.18. The Morgan fingerprint density at radius 2 is 1.94 bits per heavy atom. The topological polar surface area (TPSA) is 29.5 Å². The average Bonchev–Trinajstić information content (AvgIpc) is 2.32. The Morgan fingerprint density at radius 3 is 2.62 bits per heavy atom. The van der Waals surface area contributed by atoms with Gasteiger partial charge in [-0.25, -0.2) is 0 Å². The van der Waals surface area contributed by atoms with E-state index in [4.69, 9.17) is 27.9 Å². The Morgan fingerprint density at radius 1 is 1.25 bits per heavy atom. The van der Waals surface area contributed by atoms with Crippen molar-refractivity contribution in [3.63, 3.8) is 0 Å². The zero-order valence-corrected chi connectivity index (χ0v) is 10.3. The maximum atomic E-state index is 10.3. The smallest absolute Gasteiger partial charge is 0.0834 e. The van der Waals surface area contributed by atoms with Crippen LogP contribution in [0.25, 0.3) is 0 Å². The van der Waals surface area contributed by atoms with Crippen molar-refractivity contribution in [2.45, 2.75) is 18.9 Å². The van der Waals surface area contributed by atoms with E-state index < -0.39 is 6.10 Å². The minimum absolute atomic E-state index is 0.213. The molecular weight excluding hydrogens is 247 g/mol. The quantitative estimate of drug-likeness (QED) is 0.883. The molecule has 88 valence electrons. The number of halogens is 2. The summed E-state index contributed by atoms with van der Waals surface area (Å²) >= 11 is 12.0. The van der Waals surface area contributed by atoms with Crippen molar-refractivity contribution < 1.29 is 9.84 Å². The zero-order valence-electron chi connectivity index (χ0n) is 8.83. The first-order chi connectivity index (χ1) is 7.68. The first-order valence-corrected chi connectivity index (χ1v) is 6.15. The highest BCUT2D eigenvalue weighted by molar-refractivity contribution is 6.33. The molecule has 1 aromatic carbocycles. The predicted octanol–water partition coefficient (Wildman–Crippen LogP) is 3.45. The Labute approximate surface area is 105 Å². The van der Waals surface area contributed by atoms with E-state index in [2.05, 4.69) is 0 Å². The summed E-state index contributed by atoms with van der Waals surface area (Å²) in [5.74, 6) is 0.213. The fraction of sp³-hybridized carbons (Fsp3) is 0.500. The molecule has 1 N–H and O–H groups in total. The van der Waals surface area contributed by atoms with Gasteiger partial charge in [-0.2, -0.15) is 0 Å². The summed E-state index contributed by atoms with van der Waals surface area (Å²) in [4.78, 5) is 0. The second-order valence-electron chi connectivity index (χ2n) is 4.06. The van der Waals surface area contributed by atoms with Crippen LogP contribution in [0.4, 0.5) is 0 Å². The van der Waals surface area contributed by atoms with Gasteiger partial charge in [-0.3, -0.25) is 0 Å². The highest BCUT2D eigenvalue weighted by Crippen LogP contribution is 2.34. The van der Waals surface area contributed by atoms with Crippen molar-refractivity contribution in [2.24, 2.45) is 5.92 Å². The number of benzene rings is 1. The third kappa shape index (κ3) is 2.69. The fourth-order valence-electron chi connectivity index (χ4n) is 2.03. The van der Waals surface area contributed by atoms with Crippen molar-refractivity contribution in [3.8, 4) is 0 Å². The lowest BCUT2D eigenvalue weighted by Gasteiger charge is -2.27. The van der Waals surface area contributed by atoms with Crippen molar-refractivity contribution >= 4 is 23.2 Å². The number of aliphatic hydroxyl groups is 1. The Kier molecular flexibility index (Phi) is 4.09. The largest absolute Gasteiger partial charge is 0.388 e. The molecule has 0 aromatic heterocycles. The minimum Gasteiger partial charge on any atom is -0.388 e. The molecule has 1 aliphatic heterocycles. The van der Waals surface area contributed by atoms with Crippen LogP contribution in [0.2, 0.25) is 10.0 Å². The van der Waals surface area contributed by atoms with Crippen molar-refractivity contribution in [3.05, 3.63) is 33.8 Å². The molecule has 1 atom stereocenters. The molecule has 1 saturated heterocycles. The monoisotopic (exact) mass is 260 g/mol. The van der Waals surface area contributed by atoms with Crippen LogP contribution in [0.5, 0.6) is 0 Å². The molecule has 0 spiro atoms. The molecule has 1 heterocycles. The first-order valence-electron chi connectivity index (χ1n) is 5.39. The van der Waals surface area contributed by atoms with E-state index in [9.17, 15) is 5.11 Å². The van der Waals surface area contributed by atoms with Gasteiger partial charge in [-0.05, 0) is 37.0 Å². The first kappa shape index (κ1) is 12.2. The molecule has 0 amide bonds. The normalized spacial score (nSPS) is 19.7. The summed E-state index contributed by atoms with van der Waals surface area (Å²) in [6.45, 7) is 1.42. The molecule has 1 unspecified atom stereocenters. The van der Waals surface area contributed by atoms with E-state index in [1.165, 1.54) is 0 Å². The van der Waals surface area contributed by atoms with Gasteiger partial charge in [0.2, 0.25) is 0 Å². The molecule has 16 heavy (non-hydrogen) atoms. The maximum Gasteiger partial charge on any atom is 0.0834 e. The molecule has 2 rings (SSSR count). The summed E-state index contributed by atoms with van der Waals surface area (Å²) in [7, 11) is 0. The lowest BCUT2D eigenvalue weighted by molar-refractivity contribution is 0.00722. The lowest BCUT2D eigenvalue weighted by Crippen LogP contribution is -2.22. The maximum absolute atomic E-state index is 10.3. The van der Waals surface area contributed by atoms with Crippen LogP contribution in [-0.2, 0) is 4.74 Å². The van der Waals surface area contributed by atoms with Gasteiger partial charge in [0.15, 0.2) is 0 Å². The van der Waals surface area contributed by atoms with Gasteiger partial charge >= 0.3 is 0 Å². The Bertz CT molecular complexity index is 362. The Hall–Kier alpha value is -0.280. The molecular formula is C12H14Cl2O2. The van der Waals surface area contributed by atoms with E-state index in [-0.39, 0.29) is 5.92 Å². The molecule has 0 aliphatic carbocycles. The molecule has 0 bridgehead atoms. The second-order valence-corrected chi connectivity index (χ2v) is 4.90. The summed E-state index contributed by atoms with van der Waals surface area (Å²) in [5, 5.41) is 11.4. The van der Waals surface area contributed by atoms with Gasteiger partial charge in [-0.15, -0.1) is 0 Å². The van der Waals surface area contributed by atoms with Crippen LogP contribution >= 0.6 is 23.2 Å². The highest BCUT2D eigenvalue weighted by Gasteiger charge is 2.25. The highest BCUT2D eigenvalue weighted by atomic mass is 35.5. The lowest BCUT2D eigenvalue weighted by atomic mass is 9.89. The van der Waals surface area contributed by atoms with Crippen LogP contribution in [0.15, 0.2) is 18.2 Å². The van der Waals surface area contributed by atoms with Crippen molar-refractivity contribution in [2.75, 3.05) is 13.2 Å². The van der Waals surface area contributed by atoms with Gasteiger partial charge in [0.1, 0.15) is 0 Å². The van der Waals surface area contributed by atoms with Gasteiger partial charge in [0.05, 0.1) is 6.10 Å². The van der Waals surface area contributed by atoms with E-state index in [0.717, 1.165) is 18.4 Å². The number of ether oxygens (including phenoxy) is 1. The second kappa shape index (κ2) is 5.37. The van der Waals surface area contributed by atoms with E-state index >= 15 is 0 Å². The molecule has 1 aliphatic rings. The van der Waals surface area contributed by atoms with Crippen molar-refractivity contribution in [1.29, 1.82) is 0 Å². The van der Waals surface area contributed by atoms with Gasteiger partial charge in [-0.1, -0.05) is 23.2 Å². The molecule has 1 aromatic rings. The van der Waals surface area contributed by atoms with Crippen LogP contribution in [0.3, 0.4) is 0 Å². The van der Waals surface area contributed by atoms with Crippen LogP contribution in [-0.4, -0.2) is 18.3 Å². The van der Waals surface area contributed by atoms with Crippen LogP contribution in [0.1, 0.15) is 24.5 Å². The minimum atomic E-state index is -0.546. The van der Waals surface area contributed by atoms with Gasteiger partial charge in [0.25, 0.3) is 0 Å². The number of rotatable bonds is 2. The summed E-state index contributed by atoms with van der Waals surface area (Å²) in [6.07, 6.45) is 1.18. The SMILES string of the molecule is OC(c1cc(Cl)ccc1Cl)C1CCOCC1. The van der Waals surface area contributed by atoms with Crippen LogP contribution < -0.4 is 0 Å². The van der Waals surface area contributed by atoms with E-state index in [1.807, 2.05) is 0 Å². The number of hydrogen-bond acceptors (Lipinski definition) is 2. The third-order valence-corrected chi connectivity index (χ3v) is 3.57. The third-order valence-electron chi connectivity index (χ3n) is 2.99. The predicted molar refractivity (Wildman–Crippen MR) is 65.0 cm³/mol. The molecule has 2 nitrogen and oxygen atoms in total. The van der Waals surface area contributed by atoms with E-state index in [0.29, 0.717) is 23.3 Å². The molecule has 0 radical (unpaired) electrons. The zero-order chi connectivity index (χ0) is 11.5. The van der Waals surface area contributed by atoms with Gasteiger partial charge < -0.3 is 9.84 Å². The standard InChI is InChI=1S/C12H14Cl2O2/c13-9-1-2-11(14)10(7-9)12(15)8-3-5-16-6-4-8/h1-2,7-8,12,15H,3-6H2. The number of hydrogen-bond donors (Lipinski definition) is 1. The van der Waals surface area contributed by atoms with E-state index in [1.54, 1.807) is 18.2 Å². The summed E-state index contributed by atoms with van der Waals surface area (Å²) in [6, 6.07) is 5.19. The number of aliphatic hydroxyl groups excluding tert-OH is 1. The average molecular weight is 261 g/mol. The summed E-state index contributed by atoms with van der Waals surface area (Å²) < 4.78 is 5.27. The molecule has 4 heteroatoms. The fourth-order valence-corrected chi connectivity index (χ4v) is 2.44. The molecule has 0 saturated carbocycles. The van der Waals surface area contributed by atoms with Crippen molar-refractivity contribution in [1.82, 2.24) is 0 Å². The molecule has 1 fully saturated rings. The van der Waals surface area contributed by atoms with Gasteiger partial charge in [0, 0.05) is 28.8 Å². The summed E-state index contributed by atoms with van der Waals surface area (Å²) in [5.41, 5.74) is 0.723.